The molecule has 0 aromatic carbocycles. The smallest absolute Gasteiger partial charge is 0.315 e. The Labute approximate surface area is 126 Å². The average molecular weight is 304 g/mol. The zero-order chi connectivity index (χ0) is 15.5. The number of carbonyl (C=O) groups is 2. The first kappa shape index (κ1) is 19.1. The first-order chi connectivity index (χ1) is 9.36. The first-order valence-corrected chi connectivity index (χ1v) is 8.39. The van der Waals surface area contributed by atoms with Crippen LogP contribution in [-0.2, 0) is 4.79 Å². The Balaban J connectivity index is 3.76. The van der Waals surface area contributed by atoms with E-state index in [1.165, 1.54) is 0 Å². The fourth-order valence-corrected chi connectivity index (χ4v) is 2.42. The summed E-state index contributed by atoms with van der Waals surface area (Å²) in [5, 5.41) is 14.6. The van der Waals surface area contributed by atoms with E-state index in [1.807, 2.05) is 13.8 Å². The van der Waals surface area contributed by atoms with Crippen molar-refractivity contribution in [3.05, 3.63) is 0 Å². The SMILES string of the molecule is CCSCC(C)NC(=O)NC(C)CCCC(C)C(=O)O. The number of carboxylic acids is 1. The van der Waals surface area contributed by atoms with Crippen LogP contribution in [0.15, 0.2) is 0 Å². The van der Waals surface area contributed by atoms with Crippen LogP contribution in [0.1, 0.15) is 47.0 Å². The summed E-state index contributed by atoms with van der Waals surface area (Å²) in [6.07, 6.45) is 2.24. The average Bonchev–Trinajstić information content (AvgIpc) is 2.35. The van der Waals surface area contributed by atoms with Gasteiger partial charge in [0.15, 0.2) is 0 Å². The topological polar surface area (TPSA) is 78.4 Å². The quantitative estimate of drug-likeness (QED) is 0.580. The summed E-state index contributed by atoms with van der Waals surface area (Å²) in [5.74, 6) is 0.882. The van der Waals surface area contributed by atoms with Crippen molar-refractivity contribution in [2.24, 2.45) is 5.92 Å². The molecule has 0 saturated carbocycles. The third kappa shape index (κ3) is 9.95. The normalized spacial score (nSPS) is 15.2. The predicted molar refractivity (Wildman–Crippen MR) is 84.2 cm³/mol. The number of aliphatic carboxylic acids is 1. The van der Waals surface area contributed by atoms with Crippen LogP contribution in [0.3, 0.4) is 0 Å². The van der Waals surface area contributed by atoms with Crippen molar-refractivity contribution in [2.75, 3.05) is 11.5 Å². The molecule has 3 unspecified atom stereocenters. The van der Waals surface area contributed by atoms with Crippen molar-refractivity contribution in [2.45, 2.75) is 59.0 Å². The number of urea groups is 1. The molecule has 0 rings (SSSR count). The number of hydrogen-bond acceptors (Lipinski definition) is 3. The maximum Gasteiger partial charge on any atom is 0.315 e. The van der Waals surface area contributed by atoms with Crippen LogP contribution in [-0.4, -0.2) is 40.7 Å². The standard InChI is InChI=1S/C14H28N2O3S/c1-5-20-9-12(4)16-14(19)15-11(3)8-6-7-10(2)13(17)18/h10-12H,5-9H2,1-4H3,(H,17,18)(H2,15,16,19). The molecule has 0 aliphatic rings. The van der Waals surface area contributed by atoms with E-state index < -0.39 is 5.97 Å². The molecule has 0 fully saturated rings. The Morgan fingerprint density at radius 3 is 2.25 bits per heavy atom. The zero-order valence-electron chi connectivity index (χ0n) is 12.9. The zero-order valence-corrected chi connectivity index (χ0v) is 13.8. The van der Waals surface area contributed by atoms with Gasteiger partial charge in [-0.1, -0.05) is 20.3 Å². The number of carbonyl (C=O) groups excluding carboxylic acids is 1. The summed E-state index contributed by atoms with van der Waals surface area (Å²) in [6, 6.07) is 0.0641. The number of amides is 2. The van der Waals surface area contributed by atoms with Crippen LogP contribution in [0, 0.1) is 5.92 Å². The second-order valence-corrected chi connectivity index (χ2v) is 6.57. The van der Waals surface area contributed by atoms with E-state index >= 15 is 0 Å². The Kier molecular flexibility index (Phi) is 10.3. The van der Waals surface area contributed by atoms with E-state index in [1.54, 1.807) is 18.7 Å². The molecule has 3 N–H and O–H groups in total. The van der Waals surface area contributed by atoms with Crippen molar-refractivity contribution < 1.29 is 14.7 Å². The van der Waals surface area contributed by atoms with E-state index in [4.69, 9.17) is 5.11 Å². The molecule has 0 saturated heterocycles. The highest BCUT2D eigenvalue weighted by Crippen LogP contribution is 2.09. The number of nitrogens with one attached hydrogen (secondary N) is 2. The molecule has 0 spiro atoms. The van der Waals surface area contributed by atoms with E-state index in [-0.39, 0.29) is 24.0 Å². The maximum atomic E-state index is 11.7. The molecule has 0 aromatic heterocycles. The van der Waals surface area contributed by atoms with E-state index in [0.717, 1.165) is 24.3 Å². The molecule has 0 bridgehead atoms. The van der Waals surface area contributed by atoms with Gasteiger partial charge in [-0.05, 0) is 32.4 Å². The van der Waals surface area contributed by atoms with Crippen LogP contribution < -0.4 is 10.6 Å². The lowest BCUT2D eigenvalue weighted by atomic mass is 10.0. The lowest BCUT2D eigenvalue weighted by Crippen LogP contribution is -2.45. The van der Waals surface area contributed by atoms with Crippen LogP contribution in [0.25, 0.3) is 0 Å². The molecular formula is C14H28N2O3S. The van der Waals surface area contributed by atoms with Crippen molar-refractivity contribution in [3.63, 3.8) is 0 Å². The predicted octanol–water partition coefficient (Wildman–Crippen LogP) is 2.71. The van der Waals surface area contributed by atoms with Gasteiger partial charge in [-0.15, -0.1) is 0 Å². The highest BCUT2D eigenvalue weighted by atomic mass is 32.2. The minimum absolute atomic E-state index is 0.0574. The molecule has 20 heavy (non-hydrogen) atoms. The highest BCUT2D eigenvalue weighted by Gasteiger charge is 2.13. The number of carboxylic acid groups (broad SMARTS) is 1. The van der Waals surface area contributed by atoms with Gasteiger partial charge in [0, 0.05) is 17.8 Å². The van der Waals surface area contributed by atoms with Crippen molar-refractivity contribution in [1.82, 2.24) is 10.6 Å². The van der Waals surface area contributed by atoms with Crippen LogP contribution in [0.2, 0.25) is 0 Å². The van der Waals surface area contributed by atoms with Crippen molar-refractivity contribution >= 4 is 23.8 Å². The molecule has 0 aliphatic heterocycles. The summed E-state index contributed by atoms with van der Waals surface area (Å²) in [6.45, 7) is 7.73. The Hall–Kier alpha value is -0.910. The fourth-order valence-electron chi connectivity index (χ4n) is 1.75. The minimum Gasteiger partial charge on any atom is -0.481 e. The molecule has 0 aromatic rings. The van der Waals surface area contributed by atoms with Gasteiger partial charge < -0.3 is 15.7 Å². The Morgan fingerprint density at radius 2 is 1.70 bits per heavy atom. The molecule has 0 heterocycles. The second-order valence-electron chi connectivity index (χ2n) is 5.25. The lowest BCUT2D eigenvalue weighted by Gasteiger charge is -2.18. The van der Waals surface area contributed by atoms with Gasteiger partial charge in [0.1, 0.15) is 0 Å². The highest BCUT2D eigenvalue weighted by molar-refractivity contribution is 7.99. The molecule has 118 valence electrons. The van der Waals surface area contributed by atoms with Gasteiger partial charge in [0.05, 0.1) is 5.92 Å². The van der Waals surface area contributed by atoms with Gasteiger partial charge in [0.2, 0.25) is 0 Å². The van der Waals surface area contributed by atoms with Crippen LogP contribution in [0.5, 0.6) is 0 Å². The fraction of sp³-hybridized carbons (Fsp3) is 0.857. The largest absolute Gasteiger partial charge is 0.481 e. The number of thioether (sulfide) groups is 1. The van der Waals surface area contributed by atoms with Crippen molar-refractivity contribution in [1.29, 1.82) is 0 Å². The molecular weight excluding hydrogens is 276 g/mol. The summed E-state index contributed by atoms with van der Waals surface area (Å²) in [5.41, 5.74) is 0. The molecule has 5 nitrogen and oxygen atoms in total. The van der Waals surface area contributed by atoms with E-state index in [9.17, 15) is 9.59 Å². The van der Waals surface area contributed by atoms with Gasteiger partial charge in [0.25, 0.3) is 0 Å². The minimum atomic E-state index is -0.759. The Morgan fingerprint density at radius 1 is 1.10 bits per heavy atom. The molecule has 6 heteroatoms. The summed E-state index contributed by atoms with van der Waals surface area (Å²) < 4.78 is 0. The van der Waals surface area contributed by atoms with Gasteiger partial charge >= 0.3 is 12.0 Å². The number of hydrogen-bond donors (Lipinski definition) is 3. The monoisotopic (exact) mass is 304 g/mol. The van der Waals surface area contributed by atoms with Gasteiger partial charge in [-0.2, -0.15) is 11.8 Å². The van der Waals surface area contributed by atoms with E-state index in [0.29, 0.717) is 6.42 Å². The lowest BCUT2D eigenvalue weighted by molar-refractivity contribution is -0.141. The first-order valence-electron chi connectivity index (χ1n) is 7.24. The third-order valence-corrected chi connectivity index (χ3v) is 4.17. The van der Waals surface area contributed by atoms with Gasteiger partial charge in [-0.3, -0.25) is 4.79 Å². The summed E-state index contributed by atoms with van der Waals surface area (Å²) in [7, 11) is 0. The van der Waals surface area contributed by atoms with Gasteiger partial charge in [-0.25, -0.2) is 4.79 Å². The maximum absolute atomic E-state index is 11.7. The van der Waals surface area contributed by atoms with Crippen LogP contribution in [0.4, 0.5) is 4.79 Å². The molecule has 3 atom stereocenters. The van der Waals surface area contributed by atoms with Crippen molar-refractivity contribution in [3.8, 4) is 0 Å². The van der Waals surface area contributed by atoms with E-state index in [2.05, 4.69) is 17.6 Å². The molecule has 0 aliphatic carbocycles. The third-order valence-electron chi connectivity index (χ3n) is 3.02. The molecule has 2 amide bonds. The Bertz CT molecular complexity index is 300. The molecule has 0 radical (unpaired) electrons. The summed E-state index contributed by atoms with van der Waals surface area (Å²) in [4.78, 5) is 22.4. The summed E-state index contributed by atoms with van der Waals surface area (Å²) >= 11 is 1.80. The van der Waals surface area contributed by atoms with Crippen LogP contribution >= 0.6 is 11.8 Å². The number of rotatable bonds is 10. The second kappa shape index (κ2) is 10.8.